The van der Waals surface area contributed by atoms with Gasteiger partial charge in [0.2, 0.25) is 0 Å². The van der Waals surface area contributed by atoms with Crippen molar-refractivity contribution in [1.29, 1.82) is 0 Å². The van der Waals surface area contributed by atoms with Crippen molar-refractivity contribution in [3.05, 3.63) is 25.0 Å². The lowest BCUT2D eigenvalue weighted by Gasteiger charge is -1.83. The van der Waals surface area contributed by atoms with Crippen LogP contribution in [0.3, 0.4) is 0 Å². The van der Waals surface area contributed by atoms with Gasteiger partial charge in [-0.05, 0) is 0 Å². The van der Waals surface area contributed by atoms with E-state index in [9.17, 15) is 0 Å². The van der Waals surface area contributed by atoms with Crippen LogP contribution in [-0.4, -0.2) is 19.9 Å². The van der Waals surface area contributed by atoms with Crippen LogP contribution in [0.1, 0.15) is 0 Å². The van der Waals surface area contributed by atoms with E-state index >= 15 is 0 Å². The Balaban J connectivity index is 2.48. The molecule has 2 aromatic rings. The largest absolute Gasteiger partial charge is 0.343 e. The van der Waals surface area contributed by atoms with E-state index in [1.165, 1.54) is 0 Å². The third-order valence-corrected chi connectivity index (χ3v) is 1.22. The lowest BCUT2D eigenvalue weighted by molar-refractivity contribution is 1.27. The number of hydrogen-bond acceptors (Lipinski definition) is 2. The Labute approximate surface area is 57.3 Å². The molecule has 0 amide bonds. The lowest BCUT2D eigenvalue weighted by atomic mass is 10.4. The van der Waals surface area contributed by atoms with Crippen LogP contribution >= 0.6 is 0 Å². The maximum absolute atomic E-state index is 3.91. The van der Waals surface area contributed by atoms with E-state index in [1.807, 2.05) is 0 Å². The van der Waals surface area contributed by atoms with Gasteiger partial charge in [-0.2, -0.15) is 0 Å². The Bertz CT molecular complexity index is 249. The highest BCUT2D eigenvalue weighted by molar-refractivity contribution is 5.50. The summed E-state index contributed by atoms with van der Waals surface area (Å²) in [5, 5.41) is 0. The van der Waals surface area contributed by atoms with Gasteiger partial charge in [0.05, 0.1) is 18.2 Å². The van der Waals surface area contributed by atoms with Crippen LogP contribution in [0.2, 0.25) is 0 Å². The minimum absolute atomic E-state index is 0.831. The van der Waals surface area contributed by atoms with Crippen molar-refractivity contribution in [1.82, 2.24) is 19.9 Å². The predicted molar refractivity (Wildman–Crippen MR) is 35.0 cm³/mol. The van der Waals surface area contributed by atoms with Crippen molar-refractivity contribution < 1.29 is 0 Å². The fourth-order valence-corrected chi connectivity index (χ4v) is 0.759. The molecule has 2 N–H and O–H groups in total. The second-order valence-electron chi connectivity index (χ2n) is 1.86. The highest BCUT2D eigenvalue weighted by Crippen LogP contribution is 2.09. The zero-order valence-electron chi connectivity index (χ0n) is 5.13. The van der Waals surface area contributed by atoms with E-state index in [0.29, 0.717) is 0 Å². The van der Waals surface area contributed by atoms with Gasteiger partial charge in [0.1, 0.15) is 5.69 Å². The number of aromatic amines is 2. The van der Waals surface area contributed by atoms with Gasteiger partial charge >= 0.3 is 0 Å². The minimum Gasteiger partial charge on any atom is -0.343 e. The van der Waals surface area contributed by atoms with Crippen LogP contribution in [0.25, 0.3) is 11.4 Å². The number of nitrogens with one attached hydrogen (secondary N) is 2. The molecule has 0 atom stereocenters. The molecule has 1 radical (unpaired) electrons. The number of rotatable bonds is 1. The Kier molecular flexibility index (Phi) is 1.04. The molecule has 4 heteroatoms. The van der Waals surface area contributed by atoms with Gasteiger partial charge in [-0.1, -0.05) is 0 Å². The standard InChI is InChI=1S/C6H5N4/c1-5(9-3-7-1)6-2-8-4-10-6/h1-3H,(H,7,9)(H,8,10). The Hall–Kier alpha value is -1.58. The highest BCUT2D eigenvalue weighted by atomic mass is 14.9. The quantitative estimate of drug-likeness (QED) is 0.598. The fraction of sp³-hybridized carbons (Fsp3) is 0. The molecule has 0 aliphatic rings. The molecule has 10 heavy (non-hydrogen) atoms. The molecule has 0 aliphatic heterocycles. The normalized spacial score (nSPS) is 10.0. The molecular formula is C6H5N4. The highest BCUT2D eigenvalue weighted by Gasteiger charge is 1.97. The molecule has 0 bridgehead atoms. The van der Waals surface area contributed by atoms with Crippen molar-refractivity contribution in [2.75, 3.05) is 0 Å². The van der Waals surface area contributed by atoms with E-state index in [1.54, 1.807) is 18.7 Å². The molecular weight excluding hydrogens is 128 g/mol. The molecule has 0 spiro atoms. The van der Waals surface area contributed by atoms with Crippen molar-refractivity contribution in [3.63, 3.8) is 0 Å². The Morgan fingerprint density at radius 2 is 2.50 bits per heavy atom. The molecule has 0 fully saturated rings. The van der Waals surface area contributed by atoms with Gasteiger partial charge in [0, 0.05) is 6.20 Å². The monoisotopic (exact) mass is 133 g/mol. The van der Waals surface area contributed by atoms with Gasteiger partial charge in [0.15, 0.2) is 6.33 Å². The summed E-state index contributed by atoms with van der Waals surface area (Å²) in [5.41, 5.74) is 1.73. The number of H-pyrrole nitrogens is 2. The summed E-state index contributed by atoms with van der Waals surface area (Å²) in [6.45, 7) is 0. The van der Waals surface area contributed by atoms with Crippen LogP contribution in [-0.2, 0) is 0 Å². The van der Waals surface area contributed by atoms with Crippen LogP contribution in [0.15, 0.2) is 18.7 Å². The molecule has 0 aliphatic carbocycles. The van der Waals surface area contributed by atoms with E-state index in [-0.39, 0.29) is 0 Å². The predicted octanol–water partition coefficient (Wildman–Crippen LogP) is 0.600. The van der Waals surface area contributed by atoms with Gasteiger partial charge in [-0.15, -0.1) is 0 Å². The van der Waals surface area contributed by atoms with E-state index in [4.69, 9.17) is 0 Å². The van der Waals surface area contributed by atoms with Crippen molar-refractivity contribution in [3.8, 4) is 11.4 Å². The van der Waals surface area contributed by atoms with Crippen molar-refractivity contribution >= 4 is 0 Å². The second kappa shape index (κ2) is 1.98. The van der Waals surface area contributed by atoms with E-state index in [2.05, 4.69) is 26.3 Å². The topological polar surface area (TPSA) is 57.4 Å². The van der Waals surface area contributed by atoms with Crippen LogP contribution in [0.5, 0.6) is 0 Å². The van der Waals surface area contributed by atoms with Gasteiger partial charge < -0.3 is 9.97 Å². The first-order valence-corrected chi connectivity index (χ1v) is 2.87. The molecule has 2 rings (SSSR count). The molecule has 2 heterocycles. The number of imidazole rings is 2. The van der Waals surface area contributed by atoms with Crippen molar-refractivity contribution in [2.24, 2.45) is 0 Å². The molecule has 2 aromatic heterocycles. The first-order valence-electron chi connectivity index (χ1n) is 2.87. The maximum atomic E-state index is 3.91. The molecule has 0 aromatic carbocycles. The van der Waals surface area contributed by atoms with Gasteiger partial charge in [-0.25, -0.2) is 9.97 Å². The van der Waals surface area contributed by atoms with Crippen LogP contribution < -0.4 is 0 Å². The third kappa shape index (κ3) is 0.699. The smallest absolute Gasteiger partial charge is 0.174 e. The van der Waals surface area contributed by atoms with E-state index in [0.717, 1.165) is 11.4 Å². The fourth-order valence-electron chi connectivity index (χ4n) is 0.759. The Morgan fingerprint density at radius 3 is 3.10 bits per heavy atom. The summed E-state index contributed by atoms with van der Waals surface area (Å²) in [6, 6.07) is 0. The van der Waals surface area contributed by atoms with Crippen LogP contribution in [0.4, 0.5) is 0 Å². The first-order chi connectivity index (χ1) is 4.97. The average Bonchev–Trinajstić information content (AvgIpc) is 2.59. The van der Waals surface area contributed by atoms with Crippen molar-refractivity contribution in [2.45, 2.75) is 0 Å². The Morgan fingerprint density at radius 1 is 1.50 bits per heavy atom. The minimum atomic E-state index is 0.831. The number of hydrogen-bond donors (Lipinski definition) is 2. The summed E-state index contributed by atoms with van der Waals surface area (Å²) < 4.78 is 0. The summed E-state index contributed by atoms with van der Waals surface area (Å²) in [5.74, 6) is 0. The zero-order chi connectivity index (χ0) is 6.81. The summed E-state index contributed by atoms with van der Waals surface area (Å²) in [7, 11) is 0. The van der Waals surface area contributed by atoms with E-state index < -0.39 is 0 Å². The molecule has 49 valence electrons. The number of aromatic nitrogens is 4. The average molecular weight is 133 g/mol. The molecule has 0 saturated carbocycles. The second-order valence-corrected chi connectivity index (χ2v) is 1.86. The zero-order valence-corrected chi connectivity index (χ0v) is 5.13. The maximum Gasteiger partial charge on any atom is 0.174 e. The number of nitrogens with zero attached hydrogens (tertiary/aromatic N) is 2. The third-order valence-electron chi connectivity index (χ3n) is 1.22. The van der Waals surface area contributed by atoms with Gasteiger partial charge in [0.25, 0.3) is 0 Å². The van der Waals surface area contributed by atoms with Crippen LogP contribution in [0, 0.1) is 6.33 Å². The first kappa shape index (κ1) is 5.22. The molecule has 4 nitrogen and oxygen atoms in total. The lowest BCUT2D eigenvalue weighted by Crippen LogP contribution is -1.73. The molecule has 0 saturated heterocycles. The summed E-state index contributed by atoms with van der Waals surface area (Å²) in [4.78, 5) is 13.4. The SMILES string of the molecule is [c]1nc(-c2cnc[nH]2)c[nH]1. The van der Waals surface area contributed by atoms with Gasteiger partial charge in [-0.3, -0.25) is 0 Å². The molecule has 0 unspecified atom stereocenters. The summed E-state index contributed by atoms with van der Waals surface area (Å²) in [6.07, 6.45) is 7.68. The summed E-state index contributed by atoms with van der Waals surface area (Å²) >= 11 is 0.